The largest absolute Gasteiger partial charge is 0.336 e. The van der Waals surface area contributed by atoms with Gasteiger partial charge in [0.1, 0.15) is 0 Å². The van der Waals surface area contributed by atoms with Gasteiger partial charge in [-0.05, 0) is 44.1 Å². The van der Waals surface area contributed by atoms with Gasteiger partial charge in [0.25, 0.3) is 0 Å². The summed E-state index contributed by atoms with van der Waals surface area (Å²) in [6, 6.07) is 4.86. The summed E-state index contributed by atoms with van der Waals surface area (Å²) in [5, 5.41) is 6.73. The Morgan fingerprint density at radius 2 is 1.95 bits per heavy atom. The second-order valence-electron chi connectivity index (χ2n) is 5.40. The van der Waals surface area contributed by atoms with Crippen LogP contribution in [0.4, 0.5) is 5.69 Å². The van der Waals surface area contributed by atoms with Crippen molar-refractivity contribution in [1.29, 1.82) is 0 Å². The fourth-order valence-corrected chi connectivity index (χ4v) is 2.75. The minimum atomic E-state index is -0.261. The molecule has 22 heavy (non-hydrogen) atoms. The minimum Gasteiger partial charge on any atom is -0.336 e. The Labute approximate surface area is 139 Å². The summed E-state index contributed by atoms with van der Waals surface area (Å²) in [6.07, 6.45) is 1.63. The summed E-state index contributed by atoms with van der Waals surface area (Å²) >= 11 is 11.7. The number of rotatable bonds is 4. The highest BCUT2D eigenvalue weighted by molar-refractivity contribution is 6.42. The Balaban J connectivity index is 1.87. The highest BCUT2D eigenvalue weighted by Crippen LogP contribution is 2.25. The molecule has 5 nitrogen and oxygen atoms in total. The molecule has 1 aromatic rings. The maximum Gasteiger partial charge on any atom is 0.243 e. The van der Waals surface area contributed by atoms with Gasteiger partial charge < -0.3 is 15.5 Å². The first-order valence-electron chi connectivity index (χ1n) is 7.18. The molecule has 1 aliphatic rings. The Morgan fingerprint density at radius 3 is 2.59 bits per heavy atom. The van der Waals surface area contributed by atoms with Gasteiger partial charge in [0.05, 0.1) is 16.6 Å². The number of halogens is 2. The lowest BCUT2D eigenvalue weighted by Gasteiger charge is -2.26. The predicted octanol–water partition coefficient (Wildman–Crippen LogP) is 2.39. The van der Waals surface area contributed by atoms with Crippen LogP contribution in [0.2, 0.25) is 10.0 Å². The van der Waals surface area contributed by atoms with E-state index in [1.165, 1.54) is 4.90 Å². The second kappa shape index (κ2) is 7.81. The zero-order valence-electron chi connectivity index (χ0n) is 12.4. The highest BCUT2D eigenvalue weighted by atomic mass is 35.5. The minimum absolute atomic E-state index is 0.00373. The molecule has 0 unspecified atom stereocenters. The van der Waals surface area contributed by atoms with Crippen LogP contribution in [0, 0.1) is 5.92 Å². The van der Waals surface area contributed by atoms with Crippen LogP contribution in [0.15, 0.2) is 18.2 Å². The lowest BCUT2D eigenvalue weighted by atomic mass is 9.97. The molecule has 0 bridgehead atoms. The molecule has 1 saturated heterocycles. The van der Waals surface area contributed by atoms with Gasteiger partial charge in [-0.3, -0.25) is 9.59 Å². The summed E-state index contributed by atoms with van der Waals surface area (Å²) < 4.78 is 0. The average Bonchev–Trinajstić information content (AvgIpc) is 2.51. The molecule has 0 saturated carbocycles. The monoisotopic (exact) mass is 343 g/mol. The summed E-state index contributed by atoms with van der Waals surface area (Å²) in [7, 11) is 1.65. The average molecular weight is 344 g/mol. The van der Waals surface area contributed by atoms with Crippen molar-refractivity contribution in [1.82, 2.24) is 10.2 Å². The van der Waals surface area contributed by atoms with Crippen LogP contribution in [-0.2, 0) is 9.59 Å². The number of amides is 2. The Hall–Kier alpha value is -1.30. The number of nitrogens with zero attached hydrogens (tertiary/aromatic N) is 1. The van der Waals surface area contributed by atoms with Gasteiger partial charge in [0.15, 0.2) is 0 Å². The van der Waals surface area contributed by atoms with Gasteiger partial charge in [0.2, 0.25) is 11.8 Å². The fraction of sp³-hybridized carbons (Fsp3) is 0.467. The van der Waals surface area contributed by atoms with Crippen molar-refractivity contribution in [2.45, 2.75) is 12.8 Å². The third-order valence-electron chi connectivity index (χ3n) is 3.65. The molecule has 2 rings (SSSR count). The molecule has 0 spiro atoms. The fourth-order valence-electron chi connectivity index (χ4n) is 2.45. The van der Waals surface area contributed by atoms with Gasteiger partial charge in [-0.15, -0.1) is 0 Å². The van der Waals surface area contributed by atoms with Crippen LogP contribution in [0.3, 0.4) is 0 Å². The molecule has 0 aliphatic carbocycles. The molecule has 1 aliphatic heterocycles. The van der Waals surface area contributed by atoms with E-state index in [1.807, 2.05) is 0 Å². The van der Waals surface area contributed by atoms with Gasteiger partial charge in [0, 0.05) is 18.7 Å². The van der Waals surface area contributed by atoms with Crippen molar-refractivity contribution in [2.24, 2.45) is 5.92 Å². The summed E-state index contributed by atoms with van der Waals surface area (Å²) in [4.78, 5) is 25.8. The van der Waals surface area contributed by atoms with Crippen LogP contribution in [0.5, 0.6) is 0 Å². The topological polar surface area (TPSA) is 61.4 Å². The number of likely N-dealkylation sites (N-methyl/N-ethyl adjacent to an activating group) is 1. The molecule has 0 radical (unpaired) electrons. The maximum atomic E-state index is 12.3. The molecule has 0 aromatic heterocycles. The van der Waals surface area contributed by atoms with Crippen molar-refractivity contribution in [3.8, 4) is 0 Å². The number of piperidine rings is 1. The van der Waals surface area contributed by atoms with E-state index in [0.29, 0.717) is 15.7 Å². The first-order chi connectivity index (χ1) is 10.5. The third kappa shape index (κ3) is 4.60. The Bertz CT molecular complexity index is 560. The molecular weight excluding hydrogens is 325 g/mol. The van der Waals surface area contributed by atoms with Crippen LogP contribution < -0.4 is 10.6 Å². The number of nitrogens with one attached hydrogen (secondary N) is 2. The molecule has 120 valence electrons. The standard InChI is InChI=1S/C15H19Cl2N3O2/c1-20(15(22)10-4-6-18-7-5-10)9-14(21)19-11-2-3-12(16)13(17)8-11/h2-3,8,10,18H,4-7,9H2,1H3,(H,19,21). The number of hydrogen-bond donors (Lipinski definition) is 2. The second-order valence-corrected chi connectivity index (χ2v) is 6.21. The van der Waals surface area contributed by atoms with Crippen molar-refractivity contribution in [3.05, 3.63) is 28.2 Å². The summed E-state index contributed by atoms with van der Waals surface area (Å²) in [5.74, 6) is -0.238. The van der Waals surface area contributed by atoms with Gasteiger partial charge in [-0.2, -0.15) is 0 Å². The highest BCUT2D eigenvalue weighted by Gasteiger charge is 2.24. The molecular formula is C15H19Cl2N3O2. The van der Waals surface area contributed by atoms with Crippen LogP contribution in [0.1, 0.15) is 12.8 Å². The molecule has 1 fully saturated rings. The van der Waals surface area contributed by atoms with E-state index in [4.69, 9.17) is 23.2 Å². The van der Waals surface area contributed by atoms with E-state index in [-0.39, 0.29) is 24.3 Å². The normalized spacial score (nSPS) is 15.4. The molecule has 2 N–H and O–H groups in total. The number of carbonyl (C=O) groups is 2. The molecule has 1 heterocycles. The van der Waals surface area contributed by atoms with Crippen molar-refractivity contribution >= 4 is 40.7 Å². The van der Waals surface area contributed by atoms with E-state index < -0.39 is 0 Å². The van der Waals surface area contributed by atoms with E-state index in [2.05, 4.69) is 10.6 Å². The lowest BCUT2D eigenvalue weighted by molar-refractivity contribution is -0.137. The maximum absolute atomic E-state index is 12.3. The van der Waals surface area contributed by atoms with Crippen LogP contribution in [-0.4, -0.2) is 43.4 Å². The predicted molar refractivity (Wildman–Crippen MR) is 88.3 cm³/mol. The zero-order valence-corrected chi connectivity index (χ0v) is 13.9. The van der Waals surface area contributed by atoms with E-state index >= 15 is 0 Å². The molecule has 7 heteroatoms. The zero-order chi connectivity index (χ0) is 16.1. The third-order valence-corrected chi connectivity index (χ3v) is 4.39. The molecule has 1 aromatic carbocycles. The SMILES string of the molecule is CN(CC(=O)Nc1ccc(Cl)c(Cl)c1)C(=O)C1CCNCC1. The van der Waals surface area contributed by atoms with Crippen LogP contribution >= 0.6 is 23.2 Å². The smallest absolute Gasteiger partial charge is 0.243 e. The first-order valence-corrected chi connectivity index (χ1v) is 7.93. The Kier molecular flexibility index (Phi) is 6.06. The van der Waals surface area contributed by atoms with Gasteiger partial charge >= 0.3 is 0 Å². The molecule has 0 atom stereocenters. The van der Waals surface area contributed by atoms with Gasteiger partial charge in [-0.1, -0.05) is 23.2 Å². The van der Waals surface area contributed by atoms with E-state index in [9.17, 15) is 9.59 Å². The first kappa shape index (κ1) is 17.1. The number of anilines is 1. The van der Waals surface area contributed by atoms with E-state index in [1.54, 1.807) is 25.2 Å². The number of benzene rings is 1. The molecule has 2 amide bonds. The lowest BCUT2D eigenvalue weighted by Crippen LogP contribution is -2.42. The van der Waals surface area contributed by atoms with E-state index in [0.717, 1.165) is 25.9 Å². The summed E-state index contributed by atoms with van der Waals surface area (Å²) in [6.45, 7) is 1.71. The van der Waals surface area contributed by atoms with Crippen molar-refractivity contribution in [2.75, 3.05) is 32.0 Å². The number of hydrogen-bond acceptors (Lipinski definition) is 3. The quantitative estimate of drug-likeness (QED) is 0.882. The Morgan fingerprint density at radius 1 is 1.27 bits per heavy atom. The number of carbonyl (C=O) groups excluding carboxylic acids is 2. The van der Waals surface area contributed by atoms with Crippen LogP contribution in [0.25, 0.3) is 0 Å². The van der Waals surface area contributed by atoms with Crippen molar-refractivity contribution < 1.29 is 9.59 Å². The van der Waals surface area contributed by atoms with Crippen molar-refractivity contribution in [3.63, 3.8) is 0 Å². The summed E-state index contributed by atoms with van der Waals surface area (Å²) in [5.41, 5.74) is 0.558. The van der Waals surface area contributed by atoms with Gasteiger partial charge in [-0.25, -0.2) is 0 Å².